The van der Waals surface area contributed by atoms with E-state index in [0.717, 1.165) is 64.5 Å². The summed E-state index contributed by atoms with van der Waals surface area (Å²) in [6, 6.07) is 3.26. The predicted octanol–water partition coefficient (Wildman–Crippen LogP) is 1.39. The third-order valence-electron chi connectivity index (χ3n) is 5.52. The third-order valence-corrected chi connectivity index (χ3v) is 5.52. The minimum atomic E-state index is -0.421. The van der Waals surface area contributed by atoms with Crippen LogP contribution in [0.25, 0.3) is 0 Å². The Morgan fingerprint density at radius 2 is 1.86 bits per heavy atom. The summed E-state index contributed by atoms with van der Waals surface area (Å²) >= 11 is 0. The number of hydrogen-bond donors (Lipinski definition) is 0. The van der Waals surface area contributed by atoms with E-state index in [2.05, 4.69) is 19.7 Å². The minimum Gasteiger partial charge on any atom is -0.465 e. The Morgan fingerprint density at radius 1 is 1.18 bits per heavy atom. The molecule has 1 aromatic heterocycles. The van der Waals surface area contributed by atoms with E-state index in [-0.39, 0.29) is 11.7 Å². The van der Waals surface area contributed by atoms with Crippen LogP contribution in [0.1, 0.15) is 19.8 Å². The minimum absolute atomic E-state index is 0.0285. The van der Waals surface area contributed by atoms with E-state index >= 15 is 0 Å². The molecule has 2 fully saturated rings. The molecular formula is C19H29N5O4. The van der Waals surface area contributed by atoms with Crippen LogP contribution in [0.2, 0.25) is 0 Å². The maximum absolute atomic E-state index is 11.6. The van der Waals surface area contributed by atoms with Crippen LogP contribution in [0.15, 0.2) is 18.3 Å². The molecule has 0 aromatic carbocycles. The smallest absolute Gasteiger partial charge is 0.320 e. The van der Waals surface area contributed by atoms with Crippen molar-refractivity contribution in [2.75, 3.05) is 63.9 Å². The Balaban J connectivity index is 1.38. The molecule has 0 amide bonds. The maximum atomic E-state index is 11.6. The van der Waals surface area contributed by atoms with E-state index < -0.39 is 4.92 Å². The highest BCUT2D eigenvalue weighted by Crippen LogP contribution is 2.24. The number of nitro groups is 1. The highest BCUT2D eigenvalue weighted by Gasteiger charge is 2.25. The number of esters is 1. The summed E-state index contributed by atoms with van der Waals surface area (Å²) < 4.78 is 5.02. The Hall–Kier alpha value is -2.26. The van der Waals surface area contributed by atoms with Gasteiger partial charge in [-0.05, 0) is 31.7 Å². The van der Waals surface area contributed by atoms with Gasteiger partial charge < -0.3 is 14.5 Å². The highest BCUT2D eigenvalue weighted by atomic mass is 16.6. The van der Waals surface area contributed by atoms with E-state index in [1.165, 1.54) is 12.3 Å². The Morgan fingerprint density at radius 3 is 2.43 bits per heavy atom. The summed E-state index contributed by atoms with van der Waals surface area (Å²) in [5.74, 6) is 1.34. The van der Waals surface area contributed by atoms with Crippen molar-refractivity contribution in [3.63, 3.8) is 0 Å². The van der Waals surface area contributed by atoms with Gasteiger partial charge in [0, 0.05) is 51.9 Å². The van der Waals surface area contributed by atoms with Crippen LogP contribution < -0.4 is 4.90 Å². The van der Waals surface area contributed by atoms with Gasteiger partial charge in [-0.1, -0.05) is 0 Å². The van der Waals surface area contributed by atoms with Gasteiger partial charge in [0.1, 0.15) is 12.0 Å². The number of hydrogen-bond acceptors (Lipinski definition) is 8. The highest BCUT2D eigenvalue weighted by molar-refractivity contribution is 5.71. The number of rotatable bonds is 7. The van der Waals surface area contributed by atoms with E-state index in [1.807, 2.05) is 6.92 Å². The van der Waals surface area contributed by atoms with E-state index in [9.17, 15) is 14.9 Å². The van der Waals surface area contributed by atoms with Crippen LogP contribution in [0.4, 0.5) is 11.5 Å². The summed E-state index contributed by atoms with van der Waals surface area (Å²) in [6.07, 6.45) is 3.53. The van der Waals surface area contributed by atoms with Crippen molar-refractivity contribution in [3.05, 3.63) is 28.4 Å². The molecule has 2 saturated heterocycles. The second-order valence-electron chi connectivity index (χ2n) is 7.44. The van der Waals surface area contributed by atoms with Gasteiger partial charge in [-0.2, -0.15) is 0 Å². The quantitative estimate of drug-likeness (QED) is 0.391. The molecule has 0 atom stereocenters. The van der Waals surface area contributed by atoms with E-state index in [0.29, 0.717) is 19.1 Å². The molecule has 0 N–H and O–H groups in total. The standard InChI is InChI=1S/C19H29N5O4/c1-2-28-19(25)15-22-11-9-21(10-12-22)14-16-5-7-23(8-6-16)18-4-3-17(13-20-18)24(26)27/h3-4,13,16H,2,5-12,14-15H2,1H3. The Bertz CT molecular complexity index is 653. The number of nitrogens with zero attached hydrogens (tertiary/aromatic N) is 5. The number of aromatic nitrogens is 1. The first-order valence-electron chi connectivity index (χ1n) is 10.0. The van der Waals surface area contributed by atoms with Crippen LogP contribution >= 0.6 is 0 Å². The van der Waals surface area contributed by atoms with Gasteiger partial charge in [-0.3, -0.25) is 19.8 Å². The van der Waals surface area contributed by atoms with Crippen LogP contribution in [0.5, 0.6) is 0 Å². The van der Waals surface area contributed by atoms with E-state index in [4.69, 9.17) is 4.74 Å². The van der Waals surface area contributed by atoms with Crippen LogP contribution in [-0.4, -0.2) is 84.6 Å². The molecule has 9 heteroatoms. The second-order valence-corrected chi connectivity index (χ2v) is 7.44. The number of ether oxygens (including phenoxy) is 1. The van der Waals surface area contributed by atoms with Gasteiger partial charge in [0.25, 0.3) is 5.69 Å². The number of carbonyl (C=O) groups excluding carboxylic acids is 1. The fourth-order valence-corrected chi connectivity index (χ4v) is 3.90. The fourth-order valence-electron chi connectivity index (χ4n) is 3.90. The molecule has 154 valence electrons. The Kier molecular flexibility index (Phi) is 7.16. The molecular weight excluding hydrogens is 362 g/mol. The molecule has 28 heavy (non-hydrogen) atoms. The maximum Gasteiger partial charge on any atom is 0.320 e. The molecule has 0 unspecified atom stereocenters. The average molecular weight is 391 g/mol. The van der Waals surface area contributed by atoms with Crippen LogP contribution in [0.3, 0.4) is 0 Å². The first kappa shape index (κ1) is 20.5. The van der Waals surface area contributed by atoms with Gasteiger partial charge in [-0.25, -0.2) is 4.98 Å². The van der Waals surface area contributed by atoms with Gasteiger partial charge in [0.2, 0.25) is 0 Å². The number of anilines is 1. The third kappa shape index (κ3) is 5.62. The summed E-state index contributed by atoms with van der Waals surface area (Å²) in [5.41, 5.74) is 0.0285. The zero-order valence-corrected chi connectivity index (χ0v) is 16.5. The van der Waals surface area contributed by atoms with Crippen LogP contribution in [0, 0.1) is 16.0 Å². The normalized spacial score (nSPS) is 19.5. The lowest BCUT2D eigenvalue weighted by molar-refractivity contribution is -0.385. The van der Waals surface area contributed by atoms with Crippen molar-refractivity contribution in [2.24, 2.45) is 5.92 Å². The van der Waals surface area contributed by atoms with Crippen LogP contribution in [-0.2, 0) is 9.53 Å². The van der Waals surface area contributed by atoms with Crippen molar-refractivity contribution < 1.29 is 14.5 Å². The lowest BCUT2D eigenvalue weighted by Gasteiger charge is -2.38. The molecule has 0 bridgehead atoms. The zero-order valence-electron chi connectivity index (χ0n) is 16.5. The predicted molar refractivity (Wildman–Crippen MR) is 105 cm³/mol. The number of pyridine rings is 1. The van der Waals surface area contributed by atoms with Gasteiger partial charge in [0.05, 0.1) is 18.1 Å². The first-order valence-corrected chi connectivity index (χ1v) is 10.0. The fraction of sp³-hybridized carbons (Fsp3) is 0.684. The molecule has 0 radical (unpaired) electrons. The monoisotopic (exact) mass is 391 g/mol. The van der Waals surface area contributed by atoms with E-state index in [1.54, 1.807) is 6.07 Å². The number of piperazine rings is 1. The summed E-state index contributed by atoms with van der Waals surface area (Å²) in [5, 5.41) is 10.7. The van der Waals surface area contributed by atoms with Gasteiger partial charge in [0.15, 0.2) is 0 Å². The summed E-state index contributed by atoms with van der Waals surface area (Å²) in [4.78, 5) is 33.0. The van der Waals surface area contributed by atoms with Crippen molar-refractivity contribution in [1.82, 2.24) is 14.8 Å². The molecule has 0 aliphatic carbocycles. The molecule has 9 nitrogen and oxygen atoms in total. The van der Waals surface area contributed by atoms with Crippen molar-refractivity contribution in [2.45, 2.75) is 19.8 Å². The summed E-state index contributed by atoms with van der Waals surface area (Å²) in [7, 11) is 0. The average Bonchev–Trinajstić information content (AvgIpc) is 2.70. The molecule has 3 rings (SSSR count). The lowest BCUT2D eigenvalue weighted by Crippen LogP contribution is -2.50. The zero-order chi connectivity index (χ0) is 19.9. The van der Waals surface area contributed by atoms with Crippen molar-refractivity contribution in [1.29, 1.82) is 0 Å². The SMILES string of the molecule is CCOC(=O)CN1CCN(CC2CCN(c3ccc([N+](=O)[O-])cn3)CC2)CC1. The molecule has 2 aliphatic heterocycles. The molecule has 2 aliphatic rings. The molecule has 0 saturated carbocycles. The van der Waals surface area contributed by atoms with Gasteiger partial charge >= 0.3 is 5.97 Å². The molecule has 0 spiro atoms. The Labute approximate surface area is 165 Å². The van der Waals surface area contributed by atoms with Gasteiger partial charge in [-0.15, -0.1) is 0 Å². The number of carbonyl (C=O) groups is 1. The lowest BCUT2D eigenvalue weighted by atomic mass is 9.96. The largest absolute Gasteiger partial charge is 0.465 e. The number of piperidine rings is 1. The molecule has 3 heterocycles. The van der Waals surface area contributed by atoms with Crippen molar-refractivity contribution in [3.8, 4) is 0 Å². The second kappa shape index (κ2) is 9.79. The topological polar surface area (TPSA) is 92.0 Å². The van der Waals surface area contributed by atoms with Crippen molar-refractivity contribution >= 4 is 17.5 Å². The summed E-state index contributed by atoms with van der Waals surface area (Å²) in [6.45, 7) is 9.40. The first-order chi connectivity index (χ1) is 13.5. The molecule has 1 aromatic rings.